The standard InChI is InChI=1S/C19H22N4O5/c1-2-3-8-20-19(27)22-16(24)11-28-18(26)12-6-7-13-14(10-12)21-15-5-4-9-23(15)17(13)25/h6-7,10H,2-5,8-9,11H2,1H3,(H2,20,22,24,27). The summed E-state index contributed by atoms with van der Waals surface area (Å²) in [5.74, 6) is -0.750. The number of carbonyl (C=O) groups excluding carboxylic acids is 3. The van der Waals surface area contributed by atoms with Crippen molar-refractivity contribution in [2.45, 2.75) is 39.2 Å². The maximum atomic E-state index is 12.4. The van der Waals surface area contributed by atoms with E-state index in [1.165, 1.54) is 18.2 Å². The molecule has 0 fully saturated rings. The maximum absolute atomic E-state index is 12.4. The first kappa shape index (κ1) is 19.5. The third kappa shape index (κ3) is 4.36. The fraction of sp³-hybridized carbons (Fsp3) is 0.421. The summed E-state index contributed by atoms with van der Waals surface area (Å²) in [5.41, 5.74) is 0.487. The fourth-order valence-electron chi connectivity index (χ4n) is 3.01. The van der Waals surface area contributed by atoms with Crippen LogP contribution in [-0.4, -0.2) is 40.6 Å². The van der Waals surface area contributed by atoms with Gasteiger partial charge in [-0.1, -0.05) is 13.3 Å². The number of ether oxygens (including phenoxy) is 1. The molecule has 0 saturated carbocycles. The Bertz CT molecular complexity index is 982. The molecule has 0 radical (unpaired) electrons. The van der Waals surface area contributed by atoms with Crippen LogP contribution in [0.3, 0.4) is 0 Å². The first-order valence-electron chi connectivity index (χ1n) is 9.28. The molecule has 3 amide bonds. The molecule has 2 heterocycles. The second-order valence-corrected chi connectivity index (χ2v) is 6.55. The van der Waals surface area contributed by atoms with Crippen LogP contribution in [0.2, 0.25) is 0 Å². The molecule has 0 spiro atoms. The third-order valence-corrected chi connectivity index (χ3v) is 4.46. The van der Waals surface area contributed by atoms with Gasteiger partial charge in [0.1, 0.15) is 5.82 Å². The lowest BCUT2D eigenvalue weighted by Gasteiger charge is -2.08. The number of hydrogen-bond donors (Lipinski definition) is 2. The van der Waals surface area contributed by atoms with Crippen molar-refractivity contribution in [2.75, 3.05) is 13.2 Å². The Kier molecular flexibility index (Phi) is 6.03. The number of esters is 1. The molecule has 1 aliphatic rings. The van der Waals surface area contributed by atoms with Crippen LogP contribution in [0.25, 0.3) is 10.9 Å². The predicted octanol–water partition coefficient (Wildman–Crippen LogP) is 1.13. The minimum absolute atomic E-state index is 0.120. The van der Waals surface area contributed by atoms with E-state index in [-0.39, 0.29) is 11.1 Å². The third-order valence-electron chi connectivity index (χ3n) is 4.46. The van der Waals surface area contributed by atoms with Gasteiger partial charge in [-0.05, 0) is 31.0 Å². The number of benzene rings is 1. The van der Waals surface area contributed by atoms with Gasteiger partial charge in [0.25, 0.3) is 11.5 Å². The van der Waals surface area contributed by atoms with E-state index in [4.69, 9.17) is 4.74 Å². The van der Waals surface area contributed by atoms with Crippen LogP contribution in [0.4, 0.5) is 4.79 Å². The summed E-state index contributed by atoms with van der Waals surface area (Å²) >= 11 is 0. The molecule has 148 valence electrons. The Balaban J connectivity index is 1.61. The van der Waals surface area contributed by atoms with E-state index in [1.54, 1.807) is 4.57 Å². The summed E-state index contributed by atoms with van der Waals surface area (Å²) in [6, 6.07) is 3.85. The quantitative estimate of drug-likeness (QED) is 0.567. The average Bonchev–Trinajstić information content (AvgIpc) is 3.15. The van der Waals surface area contributed by atoms with Crippen LogP contribution in [-0.2, 0) is 22.5 Å². The second kappa shape index (κ2) is 8.64. The summed E-state index contributed by atoms with van der Waals surface area (Å²) in [6.07, 6.45) is 3.32. The van der Waals surface area contributed by atoms with Crippen LogP contribution in [0.15, 0.2) is 23.0 Å². The van der Waals surface area contributed by atoms with Crippen LogP contribution in [0, 0.1) is 0 Å². The maximum Gasteiger partial charge on any atom is 0.338 e. The van der Waals surface area contributed by atoms with Crippen molar-refractivity contribution >= 4 is 28.8 Å². The molecule has 0 unspecified atom stereocenters. The minimum Gasteiger partial charge on any atom is -0.452 e. The number of nitrogens with zero attached hydrogens (tertiary/aromatic N) is 2. The number of rotatable bonds is 6. The van der Waals surface area contributed by atoms with Crippen molar-refractivity contribution < 1.29 is 19.1 Å². The van der Waals surface area contributed by atoms with E-state index in [9.17, 15) is 19.2 Å². The number of aromatic nitrogens is 2. The first-order valence-corrected chi connectivity index (χ1v) is 9.28. The molecule has 1 aromatic heterocycles. The predicted molar refractivity (Wildman–Crippen MR) is 101 cm³/mol. The summed E-state index contributed by atoms with van der Waals surface area (Å²) in [6.45, 7) is 2.51. The van der Waals surface area contributed by atoms with Gasteiger partial charge in [-0.25, -0.2) is 14.6 Å². The van der Waals surface area contributed by atoms with Gasteiger partial charge in [0.15, 0.2) is 6.61 Å². The summed E-state index contributed by atoms with van der Waals surface area (Å²) in [5, 5.41) is 5.05. The molecular formula is C19H22N4O5. The molecule has 9 nitrogen and oxygen atoms in total. The number of imide groups is 1. The van der Waals surface area contributed by atoms with Gasteiger partial charge < -0.3 is 10.1 Å². The molecule has 2 N–H and O–H groups in total. The van der Waals surface area contributed by atoms with E-state index in [1.807, 2.05) is 6.92 Å². The lowest BCUT2D eigenvalue weighted by molar-refractivity contribution is -0.123. The van der Waals surface area contributed by atoms with Gasteiger partial charge in [0, 0.05) is 19.5 Å². The summed E-state index contributed by atoms with van der Waals surface area (Å²) in [4.78, 5) is 52.3. The van der Waals surface area contributed by atoms with Crippen LogP contribution in [0.5, 0.6) is 0 Å². The number of unbranched alkanes of at least 4 members (excludes halogenated alkanes) is 1. The molecule has 0 atom stereocenters. The molecule has 1 aliphatic heterocycles. The number of amides is 3. The van der Waals surface area contributed by atoms with Gasteiger partial charge in [-0.2, -0.15) is 0 Å². The largest absolute Gasteiger partial charge is 0.452 e. The first-order chi connectivity index (χ1) is 13.5. The lowest BCUT2D eigenvalue weighted by Crippen LogP contribution is -2.41. The molecule has 0 saturated heterocycles. The fourth-order valence-corrected chi connectivity index (χ4v) is 3.01. The van der Waals surface area contributed by atoms with E-state index in [0.717, 1.165) is 25.7 Å². The number of carbonyl (C=O) groups is 3. The normalized spacial score (nSPS) is 12.5. The Morgan fingerprint density at radius 2 is 2.11 bits per heavy atom. The molecule has 1 aromatic carbocycles. The zero-order valence-corrected chi connectivity index (χ0v) is 15.6. The molecule has 0 bridgehead atoms. The Morgan fingerprint density at radius 1 is 1.29 bits per heavy atom. The van der Waals surface area contributed by atoms with Crippen molar-refractivity contribution in [3.63, 3.8) is 0 Å². The lowest BCUT2D eigenvalue weighted by atomic mass is 10.1. The van der Waals surface area contributed by atoms with Crippen LogP contribution in [0.1, 0.15) is 42.4 Å². The van der Waals surface area contributed by atoms with Crippen molar-refractivity contribution in [3.05, 3.63) is 39.9 Å². The van der Waals surface area contributed by atoms with Crippen molar-refractivity contribution in [2.24, 2.45) is 0 Å². The Labute approximate surface area is 161 Å². The summed E-state index contributed by atoms with van der Waals surface area (Å²) in [7, 11) is 0. The number of fused-ring (bicyclic) bond motifs is 2. The van der Waals surface area contributed by atoms with Gasteiger partial charge in [0.05, 0.1) is 16.5 Å². The second-order valence-electron chi connectivity index (χ2n) is 6.55. The van der Waals surface area contributed by atoms with E-state index in [2.05, 4.69) is 15.6 Å². The number of nitrogens with one attached hydrogen (secondary N) is 2. The smallest absolute Gasteiger partial charge is 0.338 e. The summed E-state index contributed by atoms with van der Waals surface area (Å²) < 4.78 is 6.60. The molecule has 28 heavy (non-hydrogen) atoms. The van der Waals surface area contributed by atoms with Gasteiger partial charge in [-0.15, -0.1) is 0 Å². The molecule has 3 rings (SSSR count). The van der Waals surface area contributed by atoms with E-state index in [0.29, 0.717) is 29.8 Å². The zero-order chi connectivity index (χ0) is 20.1. The number of hydrogen-bond acceptors (Lipinski definition) is 6. The Hall–Kier alpha value is -3.23. The van der Waals surface area contributed by atoms with Crippen molar-refractivity contribution in [1.29, 1.82) is 0 Å². The highest BCUT2D eigenvalue weighted by Gasteiger charge is 2.18. The topological polar surface area (TPSA) is 119 Å². The molecular weight excluding hydrogens is 364 g/mol. The highest BCUT2D eigenvalue weighted by molar-refractivity contribution is 5.98. The monoisotopic (exact) mass is 386 g/mol. The minimum atomic E-state index is -0.731. The molecule has 2 aromatic rings. The van der Waals surface area contributed by atoms with E-state index < -0.39 is 24.5 Å². The van der Waals surface area contributed by atoms with Crippen molar-refractivity contribution in [1.82, 2.24) is 20.2 Å². The van der Waals surface area contributed by atoms with Crippen LogP contribution >= 0.6 is 0 Å². The number of urea groups is 1. The highest BCUT2D eigenvalue weighted by atomic mass is 16.5. The molecule has 9 heteroatoms. The van der Waals surface area contributed by atoms with Crippen LogP contribution < -0.4 is 16.2 Å². The van der Waals surface area contributed by atoms with Gasteiger partial charge in [-0.3, -0.25) is 19.5 Å². The molecule has 0 aliphatic carbocycles. The van der Waals surface area contributed by atoms with Gasteiger partial charge in [0.2, 0.25) is 0 Å². The zero-order valence-electron chi connectivity index (χ0n) is 15.6. The van der Waals surface area contributed by atoms with Gasteiger partial charge >= 0.3 is 12.0 Å². The average molecular weight is 386 g/mol. The van der Waals surface area contributed by atoms with Crippen molar-refractivity contribution in [3.8, 4) is 0 Å². The SMILES string of the molecule is CCCCNC(=O)NC(=O)COC(=O)c1ccc2c(=O)n3c(nc2c1)CCC3. The highest BCUT2D eigenvalue weighted by Crippen LogP contribution is 2.16. The Morgan fingerprint density at radius 3 is 2.89 bits per heavy atom. The number of aryl methyl sites for hydroxylation is 1. The van der Waals surface area contributed by atoms with E-state index >= 15 is 0 Å².